The number of ether oxygens (including phenoxy) is 1. The third-order valence-corrected chi connectivity index (χ3v) is 4.07. The van der Waals surface area contributed by atoms with Crippen molar-refractivity contribution in [1.29, 1.82) is 0 Å². The van der Waals surface area contributed by atoms with Crippen LogP contribution in [-0.4, -0.2) is 23.8 Å². The van der Waals surface area contributed by atoms with Gasteiger partial charge in [-0.1, -0.05) is 84.0 Å². The summed E-state index contributed by atoms with van der Waals surface area (Å²) in [5, 5.41) is 8.79. The minimum Gasteiger partial charge on any atom is -0.460 e. The second kappa shape index (κ2) is 16.8. The Morgan fingerprint density at radius 3 is 1.64 bits per heavy atom. The Bertz CT molecular complexity index is 241. The summed E-state index contributed by atoms with van der Waals surface area (Å²) in [7, 11) is 0. The van der Waals surface area contributed by atoms with E-state index in [1.54, 1.807) is 6.92 Å². The third kappa shape index (κ3) is 15.8. The van der Waals surface area contributed by atoms with Gasteiger partial charge in [-0.25, -0.2) is 0 Å². The Morgan fingerprint density at radius 2 is 1.23 bits per heavy atom. The molecule has 3 nitrogen and oxygen atoms in total. The van der Waals surface area contributed by atoms with Gasteiger partial charge in [0, 0.05) is 6.42 Å². The average molecular weight is 315 g/mol. The number of esters is 1. The summed E-state index contributed by atoms with van der Waals surface area (Å²) in [4.78, 5) is 11.4. The lowest BCUT2D eigenvalue weighted by molar-refractivity contribution is -0.150. The predicted molar refractivity (Wildman–Crippen MR) is 93.0 cm³/mol. The fourth-order valence-corrected chi connectivity index (χ4v) is 2.61. The minimum atomic E-state index is -0.366. The summed E-state index contributed by atoms with van der Waals surface area (Å²) >= 11 is 0. The van der Waals surface area contributed by atoms with Crippen LogP contribution in [0.15, 0.2) is 0 Å². The summed E-state index contributed by atoms with van der Waals surface area (Å²) in [6.45, 7) is 3.88. The SMILES string of the molecule is CCCCCCCCCCCCCCCC(=O)O[C@@H](C)CO. The van der Waals surface area contributed by atoms with Crippen LogP contribution in [0.1, 0.15) is 104 Å². The van der Waals surface area contributed by atoms with Crippen molar-refractivity contribution < 1.29 is 14.6 Å². The van der Waals surface area contributed by atoms with Gasteiger partial charge < -0.3 is 9.84 Å². The number of unbranched alkanes of at least 4 members (excludes halogenated alkanes) is 12. The van der Waals surface area contributed by atoms with Crippen molar-refractivity contribution in [2.45, 2.75) is 110 Å². The molecule has 0 aromatic heterocycles. The van der Waals surface area contributed by atoms with Crippen molar-refractivity contribution in [3.05, 3.63) is 0 Å². The van der Waals surface area contributed by atoms with Crippen molar-refractivity contribution in [3.63, 3.8) is 0 Å². The predicted octanol–water partition coefficient (Wildman–Crippen LogP) is 5.39. The summed E-state index contributed by atoms with van der Waals surface area (Å²) in [6, 6.07) is 0. The molecule has 0 aromatic carbocycles. The summed E-state index contributed by atoms with van der Waals surface area (Å²) in [6.07, 6.45) is 17.1. The summed E-state index contributed by atoms with van der Waals surface area (Å²) in [5.74, 6) is -0.176. The van der Waals surface area contributed by atoms with E-state index < -0.39 is 0 Å². The molecule has 0 saturated heterocycles. The third-order valence-electron chi connectivity index (χ3n) is 4.07. The van der Waals surface area contributed by atoms with Gasteiger partial charge in [0.1, 0.15) is 6.10 Å². The van der Waals surface area contributed by atoms with Crippen LogP contribution >= 0.6 is 0 Å². The van der Waals surface area contributed by atoms with Gasteiger partial charge in [-0.15, -0.1) is 0 Å². The first-order valence-electron chi connectivity index (χ1n) is 9.51. The van der Waals surface area contributed by atoms with Crippen LogP contribution in [0.5, 0.6) is 0 Å². The van der Waals surface area contributed by atoms with Gasteiger partial charge in [-0.05, 0) is 13.3 Å². The fourth-order valence-electron chi connectivity index (χ4n) is 2.61. The molecule has 0 fully saturated rings. The van der Waals surface area contributed by atoms with Crippen molar-refractivity contribution in [2.75, 3.05) is 6.61 Å². The topological polar surface area (TPSA) is 46.5 Å². The molecule has 0 aliphatic heterocycles. The molecule has 1 N–H and O–H groups in total. The van der Waals surface area contributed by atoms with Crippen molar-refractivity contribution >= 4 is 5.97 Å². The van der Waals surface area contributed by atoms with E-state index in [4.69, 9.17) is 9.84 Å². The van der Waals surface area contributed by atoms with Gasteiger partial charge in [0.25, 0.3) is 0 Å². The molecule has 0 saturated carbocycles. The molecule has 0 amide bonds. The maximum absolute atomic E-state index is 11.4. The second-order valence-electron chi connectivity index (χ2n) is 6.48. The molecular weight excluding hydrogens is 276 g/mol. The Hall–Kier alpha value is -0.570. The molecule has 0 aliphatic rings. The molecule has 0 bridgehead atoms. The largest absolute Gasteiger partial charge is 0.460 e. The molecule has 0 radical (unpaired) electrons. The highest BCUT2D eigenvalue weighted by atomic mass is 16.5. The standard InChI is InChI=1S/C19H38O3/c1-3-4-5-6-7-8-9-10-11-12-13-14-15-16-19(21)22-18(2)17-20/h18,20H,3-17H2,1-2H3/t18-/m0/s1. The van der Waals surface area contributed by atoms with Crippen LogP contribution in [0.4, 0.5) is 0 Å². The number of aliphatic hydroxyl groups is 1. The van der Waals surface area contributed by atoms with E-state index >= 15 is 0 Å². The Labute approximate surface area is 137 Å². The Kier molecular flexibility index (Phi) is 16.4. The van der Waals surface area contributed by atoms with Crippen molar-refractivity contribution in [2.24, 2.45) is 0 Å². The first-order valence-corrected chi connectivity index (χ1v) is 9.51. The van der Waals surface area contributed by atoms with E-state index in [1.165, 1.54) is 70.6 Å². The van der Waals surface area contributed by atoms with E-state index in [0.29, 0.717) is 6.42 Å². The number of rotatable bonds is 16. The molecule has 0 heterocycles. The molecular formula is C19H38O3. The average Bonchev–Trinajstić information content (AvgIpc) is 2.51. The normalized spacial score (nSPS) is 12.3. The molecule has 0 aliphatic carbocycles. The molecule has 132 valence electrons. The number of hydrogen-bond acceptors (Lipinski definition) is 3. The highest BCUT2D eigenvalue weighted by Gasteiger charge is 2.07. The molecule has 3 heteroatoms. The number of carbonyl (C=O) groups is 1. The zero-order chi connectivity index (χ0) is 16.5. The zero-order valence-corrected chi connectivity index (χ0v) is 14.9. The minimum absolute atomic E-state index is 0.0929. The van der Waals surface area contributed by atoms with Crippen LogP contribution in [0.25, 0.3) is 0 Å². The van der Waals surface area contributed by atoms with E-state index in [-0.39, 0.29) is 18.7 Å². The molecule has 22 heavy (non-hydrogen) atoms. The van der Waals surface area contributed by atoms with Crippen molar-refractivity contribution in [1.82, 2.24) is 0 Å². The number of aliphatic hydroxyl groups excluding tert-OH is 1. The molecule has 1 atom stereocenters. The molecule has 0 aromatic rings. The first-order chi connectivity index (χ1) is 10.7. The maximum atomic E-state index is 11.4. The lowest BCUT2D eigenvalue weighted by Gasteiger charge is -2.09. The first kappa shape index (κ1) is 21.4. The van der Waals surface area contributed by atoms with Crippen LogP contribution in [0, 0.1) is 0 Å². The van der Waals surface area contributed by atoms with Gasteiger partial charge in [0.15, 0.2) is 0 Å². The van der Waals surface area contributed by atoms with E-state index in [2.05, 4.69) is 6.92 Å². The monoisotopic (exact) mass is 314 g/mol. The zero-order valence-electron chi connectivity index (χ0n) is 14.9. The lowest BCUT2D eigenvalue weighted by Crippen LogP contribution is -2.18. The highest BCUT2D eigenvalue weighted by molar-refractivity contribution is 5.69. The number of carbonyl (C=O) groups excluding carboxylic acids is 1. The van der Waals surface area contributed by atoms with E-state index in [9.17, 15) is 4.79 Å². The van der Waals surface area contributed by atoms with Gasteiger partial charge in [0.2, 0.25) is 0 Å². The van der Waals surface area contributed by atoms with Crippen LogP contribution in [0.3, 0.4) is 0 Å². The van der Waals surface area contributed by atoms with Gasteiger partial charge in [-0.3, -0.25) is 4.79 Å². The maximum Gasteiger partial charge on any atom is 0.306 e. The molecule has 0 rings (SSSR count). The fraction of sp³-hybridized carbons (Fsp3) is 0.947. The van der Waals surface area contributed by atoms with Crippen LogP contribution in [0.2, 0.25) is 0 Å². The van der Waals surface area contributed by atoms with Gasteiger partial charge >= 0.3 is 5.97 Å². The summed E-state index contributed by atoms with van der Waals surface area (Å²) < 4.78 is 5.02. The number of hydrogen-bond donors (Lipinski definition) is 1. The lowest BCUT2D eigenvalue weighted by atomic mass is 10.0. The summed E-state index contributed by atoms with van der Waals surface area (Å²) in [5.41, 5.74) is 0. The highest BCUT2D eigenvalue weighted by Crippen LogP contribution is 2.13. The van der Waals surface area contributed by atoms with Gasteiger partial charge in [-0.2, -0.15) is 0 Å². The van der Waals surface area contributed by atoms with Crippen LogP contribution in [-0.2, 0) is 9.53 Å². The molecule has 0 spiro atoms. The smallest absolute Gasteiger partial charge is 0.306 e. The van der Waals surface area contributed by atoms with Crippen molar-refractivity contribution in [3.8, 4) is 0 Å². The van der Waals surface area contributed by atoms with Crippen LogP contribution < -0.4 is 0 Å². The second-order valence-corrected chi connectivity index (χ2v) is 6.48. The molecule has 0 unspecified atom stereocenters. The van der Waals surface area contributed by atoms with Gasteiger partial charge in [0.05, 0.1) is 6.61 Å². The quantitative estimate of drug-likeness (QED) is 0.307. The Morgan fingerprint density at radius 1 is 0.818 bits per heavy atom. The van der Waals surface area contributed by atoms with E-state index in [0.717, 1.165) is 12.8 Å². The van der Waals surface area contributed by atoms with E-state index in [1.807, 2.05) is 0 Å². The Balaban J connectivity index is 3.12.